The number of aromatic nitrogens is 2. The molecule has 0 bridgehead atoms. The smallest absolute Gasteiger partial charge is 0.0625 e. The maximum absolute atomic E-state index is 5.94. The van der Waals surface area contributed by atoms with E-state index in [4.69, 9.17) is 11.6 Å². The molecule has 0 radical (unpaired) electrons. The molecule has 1 heterocycles. The summed E-state index contributed by atoms with van der Waals surface area (Å²) in [5, 5.41) is 8.09. The van der Waals surface area contributed by atoms with Gasteiger partial charge >= 0.3 is 0 Å². The number of aryl methyl sites for hydroxylation is 2. The second kappa shape index (κ2) is 4.76. The summed E-state index contributed by atoms with van der Waals surface area (Å²) in [4.78, 5) is 0. The second-order valence-electron chi connectivity index (χ2n) is 4.56. The SMILES string of the molecule is CCc1cc(CNC2(CCl)CC2)n(CC)n1. The molecule has 1 aromatic heterocycles. The van der Waals surface area contributed by atoms with Crippen LogP contribution in [0.4, 0.5) is 0 Å². The Morgan fingerprint density at radius 2 is 2.25 bits per heavy atom. The fourth-order valence-electron chi connectivity index (χ4n) is 1.89. The van der Waals surface area contributed by atoms with E-state index in [0.29, 0.717) is 5.88 Å². The molecule has 0 unspecified atom stereocenters. The van der Waals surface area contributed by atoms with E-state index < -0.39 is 0 Å². The molecule has 2 rings (SSSR count). The van der Waals surface area contributed by atoms with Crippen molar-refractivity contribution in [3.05, 3.63) is 17.5 Å². The lowest BCUT2D eigenvalue weighted by atomic mass is 10.2. The molecule has 0 saturated heterocycles. The Bertz CT molecular complexity index is 355. The van der Waals surface area contributed by atoms with E-state index in [2.05, 4.69) is 35.0 Å². The van der Waals surface area contributed by atoms with Crippen molar-refractivity contribution in [2.75, 3.05) is 5.88 Å². The first-order valence-corrected chi connectivity index (χ1v) is 6.63. The summed E-state index contributed by atoms with van der Waals surface area (Å²) >= 11 is 5.94. The van der Waals surface area contributed by atoms with Gasteiger partial charge in [-0.2, -0.15) is 5.10 Å². The van der Waals surface area contributed by atoms with Crippen molar-refractivity contribution in [1.82, 2.24) is 15.1 Å². The summed E-state index contributed by atoms with van der Waals surface area (Å²) in [7, 11) is 0. The van der Waals surface area contributed by atoms with Crippen LogP contribution in [-0.4, -0.2) is 21.2 Å². The lowest BCUT2D eigenvalue weighted by Gasteiger charge is -2.14. The minimum absolute atomic E-state index is 0.219. The molecule has 90 valence electrons. The second-order valence-corrected chi connectivity index (χ2v) is 4.83. The molecule has 16 heavy (non-hydrogen) atoms. The molecule has 0 spiro atoms. The summed E-state index contributed by atoms with van der Waals surface area (Å²) in [6.07, 6.45) is 3.41. The Labute approximate surface area is 102 Å². The van der Waals surface area contributed by atoms with E-state index in [9.17, 15) is 0 Å². The monoisotopic (exact) mass is 241 g/mol. The molecule has 4 heteroatoms. The minimum Gasteiger partial charge on any atom is -0.304 e. The molecule has 1 fully saturated rings. The largest absolute Gasteiger partial charge is 0.304 e. The van der Waals surface area contributed by atoms with Crippen molar-refractivity contribution in [2.45, 2.75) is 51.7 Å². The highest BCUT2D eigenvalue weighted by Crippen LogP contribution is 2.36. The van der Waals surface area contributed by atoms with E-state index in [-0.39, 0.29) is 5.54 Å². The number of nitrogens with one attached hydrogen (secondary N) is 1. The molecule has 1 saturated carbocycles. The number of rotatable bonds is 6. The van der Waals surface area contributed by atoms with Gasteiger partial charge in [0.1, 0.15) is 0 Å². The van der Waals surface area contributed by atoms with E-state index in [1.54, 1.807) is 0 Å². The van der Waals surface area contributed by atoms with Crippen LogP contribution >= 0.6 is 11.6 Å². The molecular weight excluding hydrogens is 222 g/mol. The first-order chi connectivity index (χ1) is 7.73. The number of hydrogen-bond acceptors (Lipinski definition) is 2. The van der Waals surface area contributed by atoms with E-state index in [0.717, 1.165) is 19.5 Å². The predicted molar refractivity (Wildman–Crippen MR) is 66.8 cm³/mol. The van der Waals surface area contributed by atoms with Gasteiger partial charge in [-0.15, -0.1) is 11.6 Å². The molecule has 1 N–H and O–H groups in total. The third-order valence-corrected chi connectivity index (χ3v) is 3.84. The van der Waals surface area contributed by atoms with Crippen molar-refractivity contribution >= 4 is 11.6 Å². The zero-order valence-corrected chi connectivity index (χ0v) is 10.8. The molecule has 0 aliphatic heterocycles. The quantitative estimate of drug-likeness (QED) is 0.775. The van der Waals surface area contributed by atoms with E-state index in [1.807, 2.05) is 0 Å². The zero-order valence-electron chi connectivity index (χ0n) is 10.1. The Balaban J connectivity index is 2.00. The van der Waals surface area contributed by atoms with Gasteiger partial charge in [0, 0.05) is 24.5 Å². The summed E-state index contributed by atoms with van der Waals surface area (Å²) < 4.78 is 2.08. The highest BCUT2D eigenvalue weighted by Gasteiger charge is 2.41. The molecule has 1 aromatic rings. The van der Waals surface area contributed by atoms with Gasteiger partial charge in [-0.25, -0.2) is 0 Å². The lowest BCUT2D eigenvalue weighted by molar-refractivity contribution is 0.509. The molecule has 0 amide bonds. The van der Waals surface area contributed by atoms with Crippen LogP contribution in [0.15, 0.2) is 6.07 Å². The first-order valence-electron chi connectivity index (χ1n) is 6.09. The number of alkyl halides is 1. The van der Waals surface area contributed by atoms with Gasteiger partial charge in [0.15, 0.2) is 0 Å². The standard InChI is InChI=1S/C12H20ClN3/c1-3-10-7-11(16(4-2)15-10)8-14-12(9-13)5-6-12/h7,14H,3-6,8-9H2,1-2H3. The van der Waals surface area contributed by atoms with Crippen molar-refractivity contribution < 1.29 is 0 Å². The number of nitrogens with zero attached hydrogens (tertiary/aromatic N) is 2. The topological polar surface area (TPSA) is 29.9 Å². The average Bonchev–Trinajstić information content (AvgIpc) is 2.99. The van der Waals surface area contributed by atoms with Crippen molar-refractivity contribution in [3.63, 3.8) is 0 Å². The predicted octanol–water partition coefficient (Wildman–Crippen LogP) is 2.33. The lowest BCUT2D eigenvalue weighted by Crippen LogP contribution is -2.33. The van der Waals surface area contributed by atoms with Crippen LogP contribution in [0.2, 0.25) is 0 Å². The maximum atomic E-state index is 5.94. The Kier molecular flexibility index (Phi) is 3.55. The summed E-state index contributed by atoms with van der Waals surface area (Å²) in [5.74, 6) is 0.716. The number of hydrogen-bond donors (Lipinski definition) is 1. The van der Waals surface area contributed by atoms with Crippen LogP contribution in [0, 0.1) is 0 Å². The zero-order chi connectivity index (χ0) is 11.6. The Morgan fingerprint density at radius 1 is 1.50 bits per heavy atom. The van der Waals surface area contributed by atoms with Crippen LogP contribution in [0.1, 0.15) is 38.1 Å². The third-order valence-electron chi connectivity index (χ3n) is 3.33. The highest BCUT2D eigenvalue weighted by atomic mass is 35.5. The normalized spacial score (nSPS) is 17.7. The van der Waals surface area contributed by atoms with Crippen LogP contribution < -0.4 is 5.32 Å². The summed E-state index contributed by atoms with van der Waals surface area (Å²) in [6.45, 7) is 6.09. The maximum Gasteiger partial charge on any atom is 0.0625 e. The van der Waals surface area contributed by atoms with Gasteiger partial charge in [-0.05, 0) is 32.3 Å². The van der Waals surface area contributed by atoms with Crippen molar-refractivity contribution in [2.24, 2.45) is 0 Å². The minimum atomic E-state index is 0.219. The fraction of sp³-hybridized carbons (Fsp3) is 0.750. The molecule has 0 atom stereocenters. The molecule has 3 nitrogen and oxygen atoms in total. The molecule has 1 aliphatic carbocycles. The van der Waals surface area contributed by atoms with Gasteiger partial charge in [-0.3, -0.25) is 4.68 Å². The van der Waals surface area contributed by atoms with Gasteiger partial charge in [0.2, 0.25) is 0 Å². The molecular formula is C12H20ClN3. The highest BCUT2D eigenvalue weighted by molar-refractivity contribution is 6.18. The van der Waals surface area contributed by atoms with Gasteiger partial charge in [0.05, 0.1) is 11.4 Å². The van der Waals surface area contributed by atoms with Crippen LogP contribution in [0.5, 0.6) is 0 Å². The number of halogens is 1. The van der Waals surface area contributed by atoms with Crippen LogP contribution in [0.3, 0.4) is 0 Å². The van der Waals surface area contributed by atoms with Gasteiger partial charge in [0.25, 0.3) is 0 Å². The van der Waals surface area contributed by atoms with Crippen LogP contribution in [0.25, 0.3) is 0 Å². The summed E-state index contributed by atoms with van der Waals surface area (Å²) in [6, 6.07) is 2.20. The molecule has 0 aromatic carbocycles. The van der Waals surface area contributed by atoms with Crippen molar-refractivity contribution in [3.8, 4) is 0 Å². The van der Waals surface area contributed by atoms with Crippen LogP contribution in [-0.2, 0) is 19.5 Å². The Hall–Kier alpha value is -0.540. The third kappa shape index (κ3) is 2.41. The van der Waals surface area contributed by atoms with E-state index in [1.165, 1.54) is 24.2 Å². The van der Waals surface area contributed by atoms with Crippen molar-refractivity contribution in [1.29, 1.82) is 0 Å². The first kappa shape index (κ1) is 11.9. The van der Waals surface area contributed by atoms with Gasteiger partial charge < -0.3 is 5.32 Å². The summed E-state index contributed by atoms with van der Waals surface area (Å²) in [5.41, 5.74) is 2.67. The van der Waals surface area contributed by atoms with E-state index >= 15 is 0 Å². The van der Waals surface area contributed by atoms with Gasteiger partial charge in [-0.1, -0.05) is 6.92 Å². The molecule has 1 aliphatic rings. The Morgan fingerprint density at radius 3 is 2.75 bits per heavy atom. The fourth-order valence-corrected chi connectivity index (χ4v) is 2.25. The average molecular weight is 242 g/mol.